The average Bonchev–Trinajstić information content (AvgIpc) is 3.05. The Morgan fingerprint density at radius 3 is 2.30 bits per heavy atom. The van der Waals surface area contributed by atoms with Crippen molar-refractivity contribution < 1.29 is 19.2 Å². The first kappa shape index (κ1) is 30.4. The number of non-ortho nitro benzene ring substituents is 1. The number of ether oxygens (including phenoxy) is 1. The maximum atomic E-state index is 12.8. The van der Waals surface area contributed by atoms with Crippen LogP contribution < -0.4 is 15.4 Å². The molecule has 0 aliphatic carbocycles. The molecule has 4 aromatic carbocycles. The Labute approximate surface area is 256 Å². The van der Waals surface area contributed by atoms with Crippen molar-refractivity contribution in [2.45, 2.75) is 19.7 Å². The van der Waals surface area contributed by atoms with Crippen LogP contribution in [0.4, 0.5) is 11.4 Å². The monoisotopic (exact) mass is 593 g/mol. The molecule has 1 aliphatic rings. The summed E-state index contributed by atoms with van der Waals surface area (Å²) in [6.07, 6.45) is 0. The van der Waals surface area contributed by atoms with Gasteiger partial charge < -0.3 is 20.3 Å². The van der Waals surface area contributed by atoms with Gasteiger partial charge in [-0.15, -0.1) is 0 Å². The van der Waals surface area contributed by atoms with Gasteiger partial charge in [0.2, 0.25) is 0 Å². The van der Waals surface area contributed by atoms with Crippen molar-refractivity contribution in [2.75, 3.05) is 38.5 Å². The predicted molar refractivity (Wildman–Crippen MR) is 169 cm³/mol. The fourth-order valence-corrected chi connectivity index (χ4v) is 4.95. The number of hydrogen-bond acceptors (Lipinski definition) is 7. The van der Waals surface area contributed by atoms with Crippen molar-refractivity contribution in [3.05, 3.63) is 135 Å². The standard InChI is InChI=1S/C34H35N5O5/c1-37-16-18-38(19-17-37)23-25-12-14-28(15-13-25)33(40)35-22-26-6-4-7-27(20-26)24-44-32-11-3-2-10-31(32)36-34(41)29-8-5-9-30(21-29)39(42)43/h2-15,20-21H,16-19,22-24H2,1H3,(H,35,40)(H,36,41). The maximum absolute atomic E-state index is 12.8. The van der Waals surface area contributed by atoms with Crippen LogP contribution in [0, 0.1) is 10.1 Å². The van der Waals surface area contributed by atoms with E-state index in [0.717, 1.165) is 43.9 Å². The van der Waals surface area contributed by atoms with Crippen molar-refractivity contribution in [3.63, 3.8) is 0 Å². The summed E-state index contributed by atoms with van der Waals surface area (Å²) in [5.41, 5.74) is 4.10. The smallest absolute Gasteiger partial charge is 0.270 e. The van der Waals surface area contributed by atoms with Crippen LogP contribution in [0.5, 0.6) is 5.75 Å². The van der Waals surface area contributed by atoms with Gasteiger partial charge in [0.1, 0.15) is 12.4 Å². The molecule has 1 aliphatic heterocycles. The number of benzene rings is 4. The molecule has 0 radical (unpaired) electrons. The Kier molecular flexibility index (Phi) is 9.96. The largest absolute Gasteiger partial charge is 0.487 e. The fraction of sp³-hybridized carbons (Fsp3) is 0.235. The topological polar surface area (TPSA) is 117 Å². The molecule has 1 heterocycles. The van der Waals surface area contributed by atoms with E-state index in [9.17, 15) is 19.7 Å². The van der Waals surface area contributed by atoms with Gasteiger partial charge in [0.25, 0.3) is 17.5 Å². The van der Waals surface area contributed by atoms with Gasteiger partial charge in [-0.2, -0.15) is 0 Å². The highest BCUT2D eigenvalue weighted by Crippen LogP contribution is 2.26. The van der Waals surface area contributed by atoms with Gasteiger partial charge in [-0.05, 0) is 54.1 Å². The molecule has 10 nitrogen and oxygen atoms in total. The molecule has 10 heteroatoms. The molecule has 1 saturated heterocycles. The molecule has 0 spiro atoms. The molecule has 0 bridgehead atoms. The third-order valence-corrected chi connectivity index (χ3v) is 7.51. The van der Waals surface area contributed by atoms with Crippen LogP contribution >= 0.6 is 0 Å². The number of nitrogens with zero attached hydrogens (tertiary/aromatic N) is 3. The number of amides is 2. The minimum Gasteiger partial charge on any atom is -0.487 e. The van der Waals surface area contributed by atoms with Gasteiger partial charge in [-0.1, -0.05) is 54.6 Å². The molecule has 44 heavy (non-hydrogen) atoms. The molecule has 0 unspecified atom stereocenters. The minimum atomic E-state index is -0.541. The third kappa shape index (κ3) is 8.27. The molecule has 0 aromatic heterocycles. The summed E-state index contributed by atoms with van der Waals surface area (Å²) in [6, 6.07) is 28.1. The van der Waals surface area contributed by atoms with Crippen LogP contribution in [-0.4, -0.2) is 59.8 Å². The Bertz CT molecular complexity index is 1620. The van der Waals surface area contributed by atoms with E-state index in [1.807, 2.05) is 48.5 Å². The van der Waals surface area contributed by atoms with Crippen LogP contribution in [0.15, 0.2) is 97.1 Å². The van der Waals surface area contributed by atoms with Crippen LogP contribution in [0.1, 0.15) is 37.4 Å². The van der Waals surface area contributed by atoms with Gasteiger partial charge in [0, 0.05) is 62.5 Å². The molecular formula is C34H35N5O5. The highest BCUT2D eigenvalue weighted by atomic mass is 16.6. The van der Waals surface area contributed by atoms with Crippen molar-refractivity contribution >= 4 is 23.2 Å². The molecular weight excluding hydrogens is 558 g/mol. The second-order valence-corrected chi connectivity index (χ2v) is 10.8. The van der Waals surface area contributed by atoms with E-state index in [2.05, 4.69) is 27.5 Å². The Hall–Kier alpha value is -5.06. The highest BCUT2D eigenvalue weighted by Gasteiger charge is 2.15. The first-order valence-electron chi connectivity index (χ1n) is 14.5. The SMILES string of the molecule is CN1CCN(Cc2ccc(C(=O)NCc3cccc(COc4ccccc4NC(=O)c4cccc([N+](=O)[O-])c4)c3)cc2)CC1. The zero-order valence-corrected chi connectivity index (χ0v) is 24.6. The van der Waals surface area contributed by atoms with E-state index in [0.29, 0.717) is 23.5 Å². The second kappa shape index (κ2) is 14.4. The summed E-state index contributed by atoms with van der Waals surface area (Å²) in [4.78, 5) is 40.9. The van der Waals surface area contributed by atoms with Crippen molar-refractivity contribution in [1.82, 2.24) is 15.1 Å². The molecule has 0 saturated carbocycles. The summed E-state index contributed by atoms with van der Waals surface area (Å²) in [5.74, 6) is -0.153. The number of rotatable bonds is 11. The number of nitro benzene ring substituents is 1. The lowest BCUT2D eigenvalue weighted by atomic mass is 10.1. The number of anilines is 1. The van der Waals surface area contributed by atoms with E-state index in [1.54, 1.807) is 24.3 Å². The number of carbonyl (C=O) groups excluding carboxylic acids is 2. The number of hydrogen-bond donors (Lipinski definition) is 2. The number of para-hydroxylation sites is 2. The normalized spacial score (nSPS) is 13.7. The molecule has 0 atom stereocenters. The summed E-state index contributed by atoms with van der Waals surface area (Å²) in [5, 5.41) is 16.8. The summed E-state index contributed by atoms with van der Waals surface area (Å²) >= 11 is 0. The number of piperazine rings is 1. The molecule has 2 amide bonds. The van der Waals surface area contributed by atoms with Crippen LogP contribution in [0.3, 0.4) is 0 Å². The number of nitrogens with one attached hydrogen (secondary N) is 2. The number of nitro groups is 1. The lowest BCUT2D eigenvalue weighted by Gasteiger charge is -2.32. The zero-order valence-electron chi connectivity index (χ0n) is 24.6. The van der Waals surface area contributed by atoms with Crippen molar-refractivity contribution in [2.24, 2.45) is 0 Å². The van der Waals surface area contributed by atoms with Gasteiger partial charge >= 0.3 is 0 Å². The second-order valence-electron chi connectivity index (χ2n) is 10.8. The van der Waals surface area contributed by atoms with Crippen LogP contribution in [0.2, 0.25) is 0 Å². The number of carbonyl (C=O) groups is 2. The lowest BCUT2D eigenvalue weighted by molar-refractivity contribution is -0.384. The van der Waals surface area contributed by atoms with E-state index in [4.69, 9.17) is 4.74 Å². The first-order chi connectivity index (χ1) is 21.3. The first-order valence-corrected chi connectivity index (χ1v) is 14.5. The fourth-order valence-electron chi connectivity index (χ4n) is 4.95. The average molecular weight is 594 g/mol. The Balaban J connectivity index is 1.13. The zero-order chi connectivity index (χ0) is 30.9. The summed E-state index contributed by atoms with van der Waals surface area (Å²) < 4.78 is 6.03. The van der Waals surface area contributed by atoms with Crippen molar-refractivity contribution in [1.29, 1.82) is 0 Å². The highest BCUT2D eigenvalue weighted by molar-refractivity contribution is 6.05. The third-order valence-electron chi connectivity index (χ3n) is 7.51. The maximum Gasteiger partial charge on any atom is 0.270 e. The van der Waals surface area contributed by atoms with Crippen molar-refractivity contribution in [3.8, 4) is 5.75 Å². The van der Waals surface area contributed by atoms with Gasteiger partial charge in [-0.3, -0.25) is 24.6 Å². The lowest BCUT2D eigenvalue weighted by Crippen LogP contribution is -2.43. The quantitative estimate of drug-likeness (QED) is 0.184. The molecule has 4 aromatic rings. The molecule has 5 rings (SSSR count). The van der Waals surface area contributed by atoms with E-state index < -0.39 is 10.8 Å². The van der Waals surface area contributed by atoms with Crippen LogP contribution in [-0.2, 0) is 19.7 Å². The van der Waals surface area contributed by atoms with E-state index in [-0.39, 0.29) is 23.8 Å². The molecule has 2 N–H and O–H groups in total. The molecule has 1 fully saturated rings. The van der Waals surface area contributed by atoms with E-state index in [1.165, 1.54) is 29.8 Å². The Morgan fingerprint density at radius 2 is 1.52 bits per heavy atom. The summed E-state index contributed by atoms with van der Waals surface area (Å²) in [7, 11) is 2.14. The van der Waals surface area contributed by atoms with Gasteiger partial charge in [0.15, 0.2) is 0 Å². The van der Waals surface area contributed by atoms with Gasteiger partial charge in [-0.25, -0.2) is 0 Å². The van der Waals surface area contributed by atoms with E-state index >= 15 is 0 Å². The van der Waals surface area contributed by atoms with Gasteiger partial charge in [0.05, 0.1) is 10.6 Å². The van der Waals surface area contributed by atoms with Crippen LogP contribution in [0.25, 0.3) is 0 Å². The Morgan fingerprint density at radius 1 is 0.795 bits per heavy atom. The summed E-state index contributed by atoms with van der Waals surface area (Å²) in [6.45, 7) is 5.74. The minimum absolute atomic E-state index is 0.133. The number of likely N-dealkylation sites (N-methyl/N-ethyl adjacent to an activating group) is 1. The molecule has 226 valence electrons. The predicted octanol–water partition coefficient (Wildman–Crippen LogP) is 5.10.